The number of H-pyrrole nitrogens is 1. The van der Waals surface area contributed by atoms with E-state index >= 15 is 0 Å². The van der Waals surface area contributed by atoms with Gasteiger partial charge in [-0.05, 0) is 23.6 Å². The number of hydrogen-bond acceptors (Lipinski definition) is 2. The number of nitrogens with zero attached hydrogens (tertiary/aromatic N) is 1. The number of nitrogens with one attached hydrogen (secondary N) is 1. The van der Waals surface area contributed by atoms with Crippen LogP contribution >= 0.6 is 11.6 Å². The van der Waals surface area contributed by atoms with Crippen LogP contribution in [0.2, 0.25) is 5.15 Å². The van der Waals surface area contributed by atoms with Crippen LogP contribution in [0.4, 0.5) is 4.39 Å². The fourth-order valence-electron chi connectivity index (χ4n) is 1.98. The summed E-state index contributed by atoms with van der Waals surface area (Å²) in [4.78, 5) is 26.6. The third-order valence-corrected chi connectivity index (χ3v) is 3.30. The van der Waals surface area contributed by atoms with Crippen LogP contribution in [0.15, 0.2) is 33.9 Å². The van der Waals surface area contributed by atoms with Crippen LogP contribution in [0.5, 0.6) is 0 Å². The second kappa shape index (κ2) is 5.63. The van der Waals surface area contributed by atoms with Gasteiger partial charge in [-0.2, -0.15) is 0 Å². The van der Waals surface area contributed by atoms with E-state index in [-0.39, 0.29) is 23.4 Å². The highest BCUT2D eigenvalue weighted by Crippen LogP contribution is 2.16. The van der Waals surface area contributed by atoms with Crippen molar-refractivity contribution in [1.82, 2.24) is 9.55 Å². The fraction of sp³-hybridized carbons (Fsp3) is 0.286. The molecule has 20 heavy (non-hydrogen) atoms. The van der Waals surface area contributed by atoms with Gasteiger partial charge in [-0.1, -0.05) is 37.6 Å². The molecule has 0 spiro atoms. The summed E-state index contributed by atoms with van der Waals surface area (Å²) in [6.45, 7) is 3.72. The SMILES string of the molecule is CC(C)c1c(Cl)[nH]c(=O)n(Cc2ccc(F)cc2)c1=O. The first-order valence-electron chi connectivity index (χ1n) is 6.17. The Labute approximate surface area is 119 Å². The van der Waals surface area contributed by atoms with E-state index < -0.39 is 11.2 Å². The first-order chi connectivity index (χ1) is 9.40. The molecule has 0 saturated heterocycles. The highest BCUT2D eigenvalue weighted by atomic mass is 35.5. The molecule has 0 radical (unpaired) electrons. The van der Waals surface area contributed by atoms with E-state index in [0.29, 0.717) is 11.1 Å². The average molecular weight is 297 g/mol. The third-order valence-electron chi connectivity index (χ3n) is 3.01. The van der Waals surface area contributed by atoms with E-state index in [4.69, 9.17) is 11.6 Å². The Kier molecular flexibility index (Phi) is 4.09. The van der Waals surface area contributed by atoms with Crippen LogP contribution in [0, 0.1) is 5.82 Å². The van der Waals surface area contributed by atoms with Crippen molar-refractivity contribution >= 4 is 11.6 Å². The Hall–Kier alpha value is -1.88. The second-order valence-corrected chi connectivity index (χ2v) is 5.21. The van der Waals surface area contributed by atoms with Crippen molar-refractivity contribution in [1.29, 1.82) is 0 Å². The summed E-state index contributed by atoms with van der Waals surface area (Å²) in [6, 6.07) is 5.64. The summed E-state index contributed by atoms with van der Waals surface area (Å²) in [5.41, 5.74) is 0.0382. The highest BCUT2D eigenvalue weighted by Gasteiger charge is 2.15. The van der Waals surface area contributed by atoms with Crippen LogP contribution in [0.25, 0.3) is 0 Å². The lowest BCUT2D eigenvalue weighted by Gasteiger charge is -2.11. The first kappa shape index (κ1) is 14.5. The van der Waals surface area contributed by atoms with Crippen LogP contribution < -0.4 is 11.2 Å². The van der Waals surface area contributed by atoms with Gasteiger partial charge >= 0.3 is 5.69 Å². The Morgan fingerprint density at radius 1 is 1.25 bits per heavy atom. The number of aromatic amines is 1. The minimum Gasteiger partial charge on any atom is -0.297 e. The van der Waals surface area contributed by atoms with Gasteiger partial charge in [0.05, 0.1) is 12.1 Å². The largest absolute Gasteiger partial charge is 0.329 e. The number of hydrogen-bond donors (Lipinski definition) is 1. The van der Waals surface area contributed by atoms with Crippen molar-refractivity contribution in [2.24, 2.45) is 0 Å². The maximum absolute atomic E-state index is 12.9. The molecule has 106 valence electrons. The van der Waals surface area contributed by atoms with E-state index in [9.17, 15) is 14.0 Å². The molecule has 0 aliphatic carbocycles. The molecule has 0 aliphatic rings. The molecule has 0 amide bonds. The molecular formula is C14H14ClFN2O2. The van der Waals surface area contributed by atoms with Gasteiger partial charge < -0.3 is 0 Å². The molecule has 4 nitrogen and oxygen atoms in total. The maximum Gasteiger partial charge on any atom is 0.329 e. The zero-order valence-corrected chi connectivity index (χ0v) is 11.9. The lowest BCUT2D eigenvalue weighted by Crippen LogP contribution is -2.38. The van der Waals surface area contributed by atoms with E-state index in [0.717, 1.165) is 4.57 Å². The molecule has 0 saturated carbocycles. The summed E-state index contributed by atoms with van der Waals surface area (Å²) in [6.07, 6.45) is 0. The standard InChI is InChI=1S/C14H14ClFN2O2/c1-8(2)11-12(15)17-14(20)18(13(11)19)7-9-3-5-10(16)6-4-9/h3-6,8H,7H2,1-2H3,(H,17,20). The zero-order valence-electron chi connectivity index (χ0n) is 11.1. The topological polar surface area (TPSA) is 54.9 Å². The molecule has 2 rings (SSSR count). The van der Waals surface area contributed by atoms with E-state index in [1.54, 1.807) is 0 Å². The molecule has 0 unspecified atom stereocenters. The van der Waals surface area contributed by atoms with E-state index in [2.05, 4.69) is 4.98 Å². The molecule has 0 fully saturated rings. The quantitative estimate of drug-likeness (QED) is 0.885. The molecule has 2 aromatic rings. The van der Waals surface area contributed by atoms with Gasteiger partial charge in [-0.15, -0.1) is 0 Å². The second-order valence-electron chi connectivity index (χ2n) is 4.83. The van der Waals surface area contributed by atoms with Gasteiger partial charge in [0.1, 0.15) is 11.0 Å². The normalized spacial score (nSPS) is 11.1. The summed E-state index contributed by atoms with van der Waals surface area (Å²) < 4.78 is 13.9. The van der Waals surface area contributed by atoms with Gasteiger partial charge in [0.25, 0.3) is 5.56 Å². The zero-order chi connectivity index (χ0) is 14.9. The predicted molar refractivity (Wildman–Crippen MR) is 75.9 cm³/mol. The average Bonchev–Trinajstić information content (AvgIpc) is 2.36. The highest BCUT2D eigenvalue weighted by molar-refractivity contribution is 6.30. The van der Waals surface area contributed by atoms with Crippen molar-refractivity contribution in [3.63, 3.8) is 0 Å². The van der Waals surface area contributed by atoms with Gasteiger partial charge in [0.2, 0.25) is 0 Å². The summed E-state index contributed by atoms with van der Waals surface area (Å²) in [5, 5.41) is 0.0744. The molecule has 0 bridgehead atoms. The van der Waals surface area contributed by atoms with Gasteiger partial charge in [-0.3, -0.25) is 14.3 Å². The fourth-order valence-corrected chi connectivity index (χ4v) is 2.36. The van der Waals surface area contributed by atoms with Gasteiger partial charge in [0.15, 0.2) is 0 Å². The molecule has 0 atom stereocenters. The van der Waals surface area contributed by atoms with E-state index in [1.807, 2.05) is 13.8 Å². The Morgan fingerprint density at radius 3 is 2.40 bits per heavy atom. The summed E-state index contributed by atoms with van der Waals surface area (Å²) in [7, 11) is 0. The van der Waals surface area contributed by atoms with Gasteiger partial charge in [0, 0.05) is 0 Å². The molecule has 6 heteroatoms. The number of rotatable bonds is 3. The van der Waals surface area contributed by atoms with E-state index in [1.165, 1.54) is 24.3 Å². The van der Waals surface area contributed by atoms with Crippen LogP contribution in [0.1, 0.15) is 30.9 Å². The predicted octanol–water partition coefficient (Wildman–Crippen LogP) is 2.50. The Balaban J connectivity index is 2.52. The van der Waals surface area contributed by atoms with Crippen LogP contribution in [-0.2, 0) is 6.54 Å². The van der Waals surface area contributed by atoms with Crippen LogP contribution in [-0.4, -0.2) is 9.55 Å². The molecule has 1 aromatic heterocycles. The summed E-state index contributed by atoms with van der Waals surface area (Å²) in [5.74, 6) is -0.472. The number of benzene rings is 1. The van der Waals surface area contributed by atoms with Crippen molar-refractivity contribution in [3.05, 3.63) is 67.2 Å². The maximum atomic E-state index is 12.9. The van der Waals surface area contributed by atoms with Crippen molar-refractivity contribution < 1.29 is 4.39 Å². The number of aromatic nitrogens is 2. The minimum atomic E-state index is -0.575. The summed E-state index contributed by atoms with van der Waals surface area (Å²) >= 11 is 5.91. The molecule has 1 N–H and O–H groups in total. The van der Waals surface area contributed by atoms with Crippen molar-refractivity contribution in [2.75, 3.05) is 0 Å². The molecule has 0 aliphatic heterocycles. The van der Waals surface area contributed by atoms with Crippen LogP contribution in [0.3, 0.4) is 0 Å². The Morgan fingerprint density at radius 2 is 1.85 bits per heavy atom. The smallest absolute Gasteiger partial charge is 0.297 e. The van der Waals surface area contributed by atoms with Crippen molar-refractivity contribution in [3.8, 4) is 0 Å². The first-order valence-corrected chi connectivity index (χ1v) is 6.55. The third kappa shape index (κ3) is 2.82. The number of halogens is 2. The molecule has 1 heterocycles. The molecule has 1 aromatic carbocycles. The minimum absolute atomic E-state index is 0.0744. The monoisotopic (exact) mass is 296 g/mol. The lowest BCUT2D eigenvalue weighted by molar-refractivity contribution is 0.624. The van der Waals surface area contributed by atoms with Crippen molar-refractivity contribution in [2.45, 2.75) is 26.3 Å². The Bertz CT molecular complexity index is 732. The molecular weight excluding hydrogens is 283 g/mol. The lowest BCUT2D eigenvalue weighted by atomic mass is 10.1. The van der Waals surface area contributed by atoms with Gasteiger partial charge in [-0.25, -0.2) is 9.18 Å².